The minimum absolute atomic E-state index is 0.0225. The Bertz CT molecular complexity index is 1240. The predicted molar refractivity (Wildman–Crippen MR) is 130 cm³/mol. The van der Waals surface area contributed by atoms with Gasteiger partial charge in [-0.2, -0.15) is 11.8 Å². The van der Waals surface area contributed by atoms with E-state index in [1.807, 2.05) is 23.8 Å². The third-order valence-electron chi connectivity index (χ3n) is 5.64. The van der Waals surface area contributed by atoms with Crippen LogP contribution in [0.5, 0.6) is 11.5 Å². The summed E-state index contributed by atoms with van der Waals surface area (Å²) in [6.07, 6.45) is 6.03. The van der Waals surface area contributed by atoms with Gasteiger partial charge in [-0.05, 0) is 43.6 Å². The molecule has 0 saturated carbocycles. The average Bonchev–Trinajstić information content (AvgIpc) is 3.52. The van der Waals surface area contributed by atoms with Gasteiger partial charge in [0.05, 0.1) is 17.2 Å². The van der Waals surface area contributed by atoms with Crippen LogP contribution in [0, 0.1) is 0 Å². The van der Waals surface area contributed by atoms with E-state index in [1.165, 1.54) is 6.20 Å². The van der Waals surface area contributed by atoms with Gasteiger partial charge in [-0.1, -0.05) is 0 Å². The van der Waals surface area contributed by atoms with Gasteiger partial charge in [0.25, 0.3) is 5.91 Å². The smallest absolute Gasteiger partial charge is 0.257 e. The first-order valence-electron chi connectivity index (χ1n) is 11.1. The van der Waals surface area contributed by atoms with Crippen molar-refractivity contribution in [3.8, 4) is 11.5 Å². The van der Waals surface area contributed by atoms with Gasteiger partial charge in [0.15, 0.2) is 11.5 Å². The summed E-state index contributed by atoms with van der Waals surface area (Å²) in [7, 11) is 0. The second-order valence-electron chi connectivity index (χ2n) is 7.81. The quantitative estimate of drug-likeness (QED) is 0.454. The number of carbonyl (C=O) groups excluding carboxylic acids is 2. The number of hydrogen-bond donors (Lipinski definition) is 2. The molecule has 1 aromatic carbocycles. The summed E-state index contributed by atoms with van der Waals surface area (Å²) in [5.41, 5.74) is 0.214. The van der Waals surface area contributed by atoms with Crippen molar-refractivity contribution in [1.82, 2.24) is 15.2 Å². The Morgan fingerprint density at radius 2 is 2.03 bits per heavy atom. The van der Waals surface area contributed by atoms with Crippen molar-refractivity contribution in [2.24, 2.45) is 0 Å². The van der Waals surface area contributed by atoms with Gasteiger partial charge < -0.3 is 29.1 Å². The summed E-state index contributed by atoms with van der Waals surface area (Å²) in [4.78, 5) is 39.2. The number of amides is 2. The summed E-state index contributed by atoms with van der Waals surface area (Å²) in [5.74, 6) is 1.60. The highest BCUT2D eigenvalue weighted by Crippen LogP contribution is 2.35. The number of nitrogens with zero attached hydrogens (tertiary/aromatic N) is 1. The number of furan rings is 1. The Kier molecular flexibility index (Phi) is 7.46. The number of carbonyl (C=O) groups is 2. The fourth-order valence-corrected chi connectivity index (χ4v) is 4.30. The van der Waals surface area contributed by atoms with Crippen LogP contribution in [-0.4, -0.2) is 47.8 Å². The zero-order chi connectivity index (χ0) is 24.1. The number of thioether (sulfide) groups is 1. The van der Waals surface area contributed by atoms with Crippen LogP contribution in [0.4, 0.5) is 0 Å². The summed E-state index contributed by atoms with van der Waals surface area (Å²) in [6.45, 7) is 2.93. The second kappa shape index (κ2) is 10.7. The van der Waals surface area contributed by atoms with Crippen LogP contribution >= 0.6 is 11.8 Å². The SMILES string of the molecule is CCn1cc(C(=O)NC(CCSC)C(=O)NCCc2ccco2)c(=O)c2cc3c(cc21)OCO3. The van der Waals surface area contributed by atoms with Gasteiger partial charge in [0, 0.05) is 31.8 Å². The molecule has 1 aliphatic rings. The molecule has 2 amide bonds. The molecule has 10 heteroatoms. The van der Waals surface area contributed by atoms with Crippen LogP contribution in [0.15, 0.2) is 45.9 Å². The van der Waals surface area contributed by atoms with Gasteiger partial charge in [-0.3, -0.25) is 14.4 Å². The maximum Gasteiger partial charge on any atom is 0.257 e. The first kappa shape index (κ1) is 23.7. The van der Waals surface area contributed by atoms with Crippen molar-refractivity contribution in [3.05, 3.63) is 58.3 Å². The van der Waals surface area contributed by atoms with Crippen molar-refractivity contribution in [1.29, 1.82) is 0 Å². The lowest BCUT2D eigenvalue weighted by atomic mass is 10.1. The van der Waals surface area contributed by atoms with Crippen molar-refractivity contribution < 1.29 is 23.5 Å². The van der Waals surface area contributed by atoms with Crippen molar-refractivity contribution in [2.45, 2.75) is 32.4 Å². The molecule has 1 aliphatic heterocycles. The van der Waals surface area contributed by atoms with Crippen LogP contribution in [0.3, 0.4) is 0 Å². The molecule has 34 heavy (non-hydrogen) atoms. The fraction of sp³-hybridized carbons (Fsp3) is 0.375. The number of benzene rings is 1. The molecule has 2 aromatic heterocycles. The molecule has 1 unspecified atom stereocenters. The Morgan fingerprint density at radius 1 is 1.24 bits per heavy atom. The summed E-state index contributed by atoms with van der Waals surface area (Å²) < 4.78 is 17.9. The lowest BCUT2D eigenvalue weighted by Crippen LogP contribution is -2.48. The fourth-order valence-electron chi connectivity index (χ4n) is 3.83. The molecule has 3 aromatic rings. The summed E-state index contributed by atoms with van der Waals surface area (Å²) >= 11 is 1.58. The minimum atomic E-state index is -0.765. The zero-order valence-corrected chi connectivity index (χ0v) is 19.9. The summed E-state index contributed by atoms with van der Waals surface area (Å²) in [6, 6.07) is 6.22. The number of ether oxygens (including phenoxy) is 2. The molecule has 4 rings (SSSR count). The molecule has 0 saturated heterocycles. The van der Waals surface area contributed by atoms with Gasteiger partial charge in [-0.25, -0.2) is 0 Å². The molecule has 0 aliphatic carbocycles. The molecule has 180 valence electrons. The van der Waals surface area contributed by atoms with E-state index in [4.69, 9.17) is 13.9 Å². The van der Waals surface area contributed by atoms with Crippen molar-refractivity contribution >= 4 is 34.5 Å². The number of aryl methyl sites for hydroxylation is 1. The number of pyridine rings is 1. The molecule has 0 spiro atoms. The van der Waals surface area contributed by atoms with Gasteiger partial charge >= 0.3 is 0 Å². The van der Waals surface area contributed by atoms with Crippen LogP contribution in [-0.2, 0) is 17.8 Å². The molecular weight excluding hydrogens is 458 g/mol. The third kappa shape index (κ3) is 5.06. The molecule has 0 radical (unpaired) electrons. The Balaban J connectivity index is 1.55. The number of fused-ring (bicyclic) bond motifs is 2. The average molecular weight is 486 g/mol. The maximum absolute atomic E-state index is 13.2. The van der Waals surface area contributed by atoms with E-state index in [2.05, 4.69) is 10.6 Å². The number of aromatic nitrogens is 1. The monoisotopic (exact) mass is 485 g/mol. The van der Waals surface area contributed by atoms with Gasteiger partial charge in [0.2, 0.25) is 18.1 Å². The van der Waals surface area contributed by atoms with Crippen LogP contribution in [0.1, 0.15) is 29.5 Å². The molecule has 0 bridgehead atoms. The Hall–Kier alpha value is -3.40. The molecule has 9 nitrogen and oxygen atoms in total. The molecule has 2 N–H and O–H groups in total. The van der Waals surface area contributed by atoms with Gasteiger partial charge in [0.1, 0.15) is 17.4 Å². The third-order valence-corrected chi connectivity index (χ3v) is 6.29. The maximum atomic E-state index is 13.2. The van der Waals surface area contributed by atoms with E-state index in [0.717, 1.165) is 5.76 Å². The second-order valence-corrected chi connectivity index (χ2v) is 8.79. The Labute approximate surface area is 200 Å². The highest BCUT2D eigenvalue weighted by Gasteiger charge is 2.25. The van der Waals surface area contributed by atoms with Crippen molar-refractivity contribution in [3.63, 3.8) is 0 Å². The van der Waals surface area contributed by atoms with E-state index in [-0.39, 0.29) is 18.3 Å². The summed E-state index contributed by atoms with van der Waals surface area (Å²) in [5, 5.41) is 5.97. The normalized spacial score (nSPS) is 13.1. The van der Waals surface area contributed by atoms with Crippen LogP contribution in [0.2, 0.25) is 0 Å². The van der Waals surface area contributed by atoms with Crippen molar-refractivity contribution in [2.75, 3.05) is 25.3 Å². The Morgan fingerprint density at radius 3 is 2.74 bits per heavy atom. The molecule has 3 heterocycles. The molecule has 1 atom stereocenters. The standard InChI is InChI=1S/C24H27N3O6S/c1-3-27-13-17(22(28)16-11-20-21(12-19(16)27)33-14-32-20)23(29)26-18(7-10-34-2)24(30)25-8-6-15-5-4-9-31-15/h4-5,9,11-13,18H,3,6-8,10,14H2,1-2H3,(H,25,30)(H,26,29). The zero-order valence-electron chi connectivity index (χ0n) is 19.1. The largest absolute Gasteiger partial charge is 0.469 e. The van der Waals surface area contributed by atoms with E-state index in [9.17, 15) is 14.4 Å². The van der Waals surface area contributed by atoms with E-state index in [1.54, 1.807) is 36.2 Å². The van der Waals surface area contributed by atoms with Crippen LogP contribution in [0.25, 0.3) is 10.9 Å². The molecule has 0 fully saturated rings. The van der Waals surface area contributed by atoms with Gasteiger partial charge in [-0.15, -0.1) is 0 Å². The highest BCUT2D eigenvalue weighted by molar-refractivity contribution is 7.98. The molecular formula is C24H27N3O6S. The lowest BCUT2D eigenvalue weighted by Gasteiger charge is -2.19. The van der Waals surface area contributed by atoms with E-state index in [0.29, 0.717) is 54.1 Å². The number of nitrogens with one attached hydrogen (secondary N) is 2. The lowest BCUT2D eigenvalue weighted by molar-refractivity contribution is -0.123. The highest BCUT2D eigenvalue weighted by atomic mass is 32.2. The van der Waals surface area contributed by atoms with E-state index < -0.39 is 17.4 Å². The number of rotatable bonds is 10. The first-order valence-corrected chi connectivity index (χ1v) is 12.5. The predicted octanol–water partition coefficient (Wildman–Crippen LogP) is 2.55. The topological polar surface area (TPSA) is 112 Å². The van der Waals surface area contributed by atoms with E-state index >= 15 is 0 Å². The number of hydrogen-bond acceptors (Lipinski definition) is 7. The van der Waals surface area contributed by atoms with Crippen LogP contribution < -0.4 is 25.5 Å². The minimum Gasteiger partial charge on any atom is -0.469 e. The first-order chi connectivity index (χ1) is 16.5.